The molecular formula is C25H16N6O2Pt. The molecule has 0 aliphatic rings. The van der Waals surface area contributed by atoms with Crippen molar-refractivity contribution < 1.29 is 30.5 Å². The van der Waals surface area contributed by atoms with E-state index in [2.05, 4.69) is 32.6 Å². The summed E-state index contributed by atoms with van der Waals surface area (Å²) in [5.41, 5.74) is 4.19. The molecule has 0 spiro atoms. The molecule has 4 heterocycles. The summed E-state index contributed by atoms with van der Waals surface area (Å²) >= 11 is 0. The fourth-order valence-electron chi connectivity index (χ4n) is 3.67. The van der Waals surface area contributed by atoms with Crippen LogP contribution in [-0.4, -0.2) is 30.0 Å². The Kier molecular flexibility index (Phi) is 5.67. The van der Waals surface area contributed by atoms with Crippen LogP contribution in [0.1, 0.15) is 11.3 Å². The van der Waals surface area contributed by atoms with Gasteiger partial charge in [0.25, 0.3) is 0 Å². The van der Waals surface area contributed by atoms with Crippen molar-refractivity contribution in [3.63, 3.8) is 0 Å². The quantitative estimate of drug-likeness (QED) is 0.201. The number of rotatable bonds is 4. The molecule has 0 atom stereocenters. The van der Waals surface area contributed by atoms with Crippen molar-refractivity contribution in [1.29, 1.82) is 0 Å². The Labute approximate surface area is 208 Å². The fraction of sp³-hybridized carbons (Fsp3) is 0.0800. The summed E-state index contributed by atoms with van der Waals surface area (Å²) in [7, 11) is 0. The van der Waals surface area contributed by atoms with Crippen LogP contribution in [0.5, 0.6) is 23.1 Å². The van der Waals surface area contributed by atoms with Gasteiger partial charge >= 0.3 is 21.1 Å². The number of pyridine rings is 3. The summed E-state index contributed by atoms with van der Waals surface area (Å²) in [5.74, 6) is 1.99. The number of ether oxygens (including phenoxy) is 2. The van der Waals surface area contributed by atoms with Gasteiger partial charge in [-0.3, -0.25) is 4.98 Å². The van der Waals surface area contributed by atoms with E-state index in [0.717, 1.165) is 33.1 Å². The third-order valence-corrected chi connectivity index (χ3v) is 5.17. The first-order valence-electron chi connectivity index (χ1n) is 10.3. The van der Waals surface area contributed by atoms with E-state index in [9.17, 15) is 0 Å². The number of nitrogens with zero attached hydrogens (tertiary/aromatic N) is 6. The van der Waals surface area contributed by atoms with Gasteiger partial charge in [-0.1, -0.05) is 29.0 Å². The van der Waals surface area contributed by atoms with E-state index in [4.69, 9.17) is 14.5 Å². The minimum atomic E-state index is 0. The van der Waals surface area contributed by atoms with E-state index in [0.29, 0.717) is 28.8 Å². The molecule has 4 aromatic heterocycles. The van der Waals surface area contributed by atoms with Crippen LogP contribution in [-0.2, 0) is 21.1 Å². The Balaban J connectivity index is 0.00000241. The number of aromatic nitrogens is 6. The molecule has 0 saturated carbocycles. The van der Waals surface area contributed by atoms with E-state index < -0.39 is 0 Å². The molecule has 0 amide bonds. The standard InChI is InChI=1S/C25H16N6O2.Pt/c1-15-10-11-26-23(12-15)33-18-5-3-4-17(13-18)32-19-7-8-20-21(14-19)25-28-29-30-31(25)22-9-6-16(2)27-24(20)22;/h3-12H,1-2H3;/q-2;+2. The van der Waals surface area contributed by atoms with E-state index in [-0.39, 0.29) is 21.1 Å². The Hall–Kier alpha value is -3.90. The molecule has 0 bridgehead atoms. The topological polar surface area (TPSA) is 87.3 Å². The van der Waals surface area contributed by atoms with Crippen LogP contribution in [0.4, 0.5) is 0 Å². The SMILES string of the molecule is Cc1ccnc(Oc2[c-]c(Oc3[c-]c4c(cc3)c3nc(C)ccc3n3nnnc43)ccc2)c1.[Pt+2]. The first kappa shape index (κ1) is 21.9. The van der Waals surface area contributed by atoms with Gasteiger partial charge in [-0.25, -0.2) is 9.50 Å². The van der Waals surface area contributed by atoms with Gasteiger partial charge in [-0.2, -0.15) is 11.2 Å². The number of fused-ring (bicyclic) bond motifs is 6. The Bertz CT molecular complexity index is 1670. The van der Waals surface area contributed by atoms with Crippen molar-refractivity contribution in [2.75, 3.05) is 0 Å². The van der Waals surface area contributed by atoms with E-state index in [1.54, 1.807) is 22.8 Å². The molecule has 9 heteroatoms. The van der Waals surface area contributed by atoms with Gasteiger partial charge < -0.3 is 9.47 Å². The number of aryl methyl sites for hydroxylation is 2. The molecule has 0 unspecified atom stereocenters. The molecule has 8 nitrogen and oxygen atoms in total. The van der Waals surface area contributed by atoms with Gasteiger partial charge in [0.2, 0.25) is 5.88 Å². The van der Waals surface area contributed by atoms with Crippen LogP contribution < -0.4 is 9.47 Å². The van der Waals surface area contributed by atoms with Gasteiger partial charge in [0.1, 0.15) is 5.65 Å². The van der Waals surface area contributed by atoms with Crippen molar-refractivity contribution >= 4 is 27.5 Å². The zero-order valence-corrected chi connectivity index (χ0v) is 20.4. The monoisotopic (exact) mass is 627 g/mol. The zero-order chi connectivity index (χ0) is 22.4. The van der Waals surface area contributed by atoms with Crippen LogP contribution >= 0.6 is 0 Å². The van der Waals surface area contributed by atoms with Gasteiger partial charge in [0.05, 0.1) is 11.0 Å². The first-order chi connectivity index (χ1) is 16.1. The predicted molar refractivity (Wildman–Crippen MR) is 122 cm³/mol. The van der Waals surface area contributed by atoms with Crippen molar-refractivity contribution in [2.24, 2.45) is 0 Å². The summed E-state index contributed by atoms with van der Waals surface area (Å²) in [6, 6.07) is 23.3. The van der Waals surface area contributed by atoms with Crippen LogP contribution in [0, 0.1) is 26.0 Å². The average molecular weight is 628 g/mol. The van der Waals surface area contributed by atoms with Gasteiger partial charge in [-0.05, 0) is 48.0 Å². The predicted octanol–water partition coefficient (Wildman–Crippen LogP) is 5.02. The minimum absolute atomic E-state index is 0. The largest absolute Gasteiger partial charge is 2.00 e. The Morgan fingerprint density at radius 3 is 2.56 bits per heavy atom. The molecular weight excluding hydrogens is 611 g/mol. The zero-order valence-electron chi connectivity index (χ0n) is 18.1. The summed E-state index contributed by atoms with van der Waals surface area (Å²) in [5, 5.41) is 13.8. The third kappa shape index (κ3) is 3.97. The van der Waals surface area contributed by atoms with Crippen molar-refractivity contribution in [2.45, 2.75) is 13.8 Å². The summed E-state index contributed by atoms with van der Waals surface area (Å²) in [6.07, 6.45) is 1.70. The fourth-order valence-corrected chi connectivity index (χ4v) is 3.67. The maximum absolute atomic E-state index is 6.04. The van der Waals surface area contributed by atoms with Crippen molar-refractivity contribution in [1.82, 2.24) is 30.0 Å². The van der Waals surface area contributed by atoms with Gasteiger partial charge in [-0.15, -0.1) is 18.2 Å². The van der Waals surface area contributed by atoms with Gasteiger partial charge in [0.15, 0.2) is 0 Å². The molecule has 34 heavy (non-hydrogen) atoms. The van der Waals surface area contributed by atoms with Crippen LogP contribution in [0.25, 0.3) is 27.5 Å². The second kappa shape index (κ2) is 8.80. The van der Waals surface area contributed by atoms with Crippen molar-refractivity contribution in [3.05, 3.63) is 84.2 Å². The molecule has 6 aromatic rings. The first-order valence-corrected chi connectivity index (χ1v) is 10.3. The molecule has 0 N–H and O–H groups in total. The van der Waals surface area contributed by atoms with Gasteiger partial charge in [0, 0.05) is 35.2 Å². The molecule has 0 saturated heterocycles. The summed E-state index contributed by atoms with van der Waals surface area (Å²) in [4.78, 5) is 8.92. The number of benzene rings is 2. The second-order valence-corrected chi connectivity index (χ2v) is 7.60. The number of hydrogen-bond donors (Lipinski definition) is 0. The molecule has 168 valence electrons. The normalized spacial score (nSPS) is 11.0. The number of hydrogen-bond acceptors (Lipinski definition) is 7. The van der Waals surface area contributed by atoms with Crippen molar-refractivity contribution in [3.8, 4) is 23.1 Å². The second-order valence-electron chi connectivity index (χ2n) is 7.60. The maximum atomic E-state index is 6.04. The smallest absolute Gasteiger partial charge is 0.503 e. The Morgan fingerprint density at radius 2 is 1.71 bits per heavy atom. The summed E-state index contributed by atoms with van der Waals surface area (Å²) < 4.78 is 13.5. The van der Waals surface area contributed by atoms with Crippen LogP contribution in [0.3, 0.4) is 0 Å². The molecule has 6 rings (SSSR count). The maximum Gasteiger partial charge on any atom is 2.00 e. The Morgan fingerprint density at radius 1 is 0.882 bits per heavy atom. The van der Waals surface area contributed by atoms with Crippen LogP contribution in [0.2, 0.25) is 0 Å². The van der Waals surface area contributed by atoms with E-state index in [1.165, 1.54) is 0 Å². The third-order valence-electron chi connectivity index (χ3n) is 5.17. The molecule has 0 aliphatic carbocycles. The summed E-state index contributed by atoms with van der Waals surface area (Å²) in [6.45, 7) is 3.93. The van der Waals surface area contributed by atoms with E-state index >= 15 is 0 Å². The average Bonchev–Trinajstić information content (AvgIpc) is 3.30. The van der Waals surface area contributed by atoms with Crippen LogP contribution in [0.15, 0.2) is 60.8 Å². The molecule has 0 fully saturated rings. The molecule has 0 radical (unpaired) electrons. The number of tetrazole rings is 1. The molecule has 2 aromatic carbocycles. The van der Waals surface area contributed by atoms with E-state index in [1.807, 2.05) is 56.3 Å². The minimum Gasteiger partial charge on any atom is -0.503 e. The molecule has 0 aliphatic heterocycles.